The summed E-state index contributed by atoms with van der Waals surface area (Å²) in [5.74, 6) is -1.62. The van der Waals surface area contributed by atoms with Crippen LogP contribution in [0, 0.1) is 36.4 Å². The van der Waals surface area contributed by atoms with Crippen LogP contribution in [0.2, 0.25) is 0 Å². The molecule has 0 amide bonds. The lowest BCUT2D eigenvalue weighted by Crippen LogP contribution is -2.22. The van der Waals surface area contributed by atoms with Gasteiger partial charge in [0.25, 0.3) is 22.5 Å². The number of nitrogens with one attached hydrogen (secondary N) is 2. The first-order valence-corrected chi connectivity index (χ1v) is 19.6. The van der Waals surface area contributed by atoms with Crippen molar-refractivity contribution in [2.45, 2.75) is 38.8 Å². The minimum Gasteiger partial charge on any atom is -0.392 e. The third kappa shape index (κ3) is 8.74. The van der Waals surface area contributed by atoms with E-state index in [0.29, 0.717) is 46.1 Å². The van der Waals surface area contributed by atoms with Crippen molar-refractivity contribution in [2.75, 3.05) is 22.1 Å². The number of fused-ring (bicyclic) bond motifs is 2. The first kappa shape index (κ1) is 43.4. The van der Waals surface area contributed by atoms with Crippen LogP contribution >= 0.6 is 0 Å². The lowest BCUT2D eigenvalue weighted by Gasteiger charge is -2.23. The van der Waals surface area contributed by atoms with Gasteiger partial charge in [-0.25, -0.2) is 47.2 Å². The number of nitrogen functional groups attached to an aromatic ring is 2. The zero-order chi connectivity index (χ0) is 45.7. The van der Waals surface area contributed by atoms with Gasteiger partial charge in [0.05, 0.1) is 36.4 Å². The zero-order valence-corrected chi connectivity index (χ0v) is 34.0. The number of pyridine rings is 4. The summed E-state index contributed by atoms with van der Waals surface area (Å²) in [6, 6.07) is 19.4. The second-order valence-electron chi connectivity index (χ2n) is 14.2. The lowest BCUT2D eigenvalue weighted by molar-refractivity contribution is 0.617. The zero-order valence-electron chi connectivity index (χ0n) is 34.0. The number of hydrogen-bond donors (Lipinski definition) is 4. The molecule has 0 aliphatic heterocycles. The second-order valence-corrected chi connectivity index (χ2v) is 14.2. The molecule has 8 rings (SSSR count). The first-order valence-electron chi connectivity index (χ1n) is 19.6. The topological polar surface area (TPSA) is 179 Å². The average molecular weight is 865 g/mol. The van der Waals surface area contributed by atoms with E-state index in [0.717, 1.165) is 12.4 Å². The SMILES string of the molecule is [C-]#[N+]c1c(N)ncnc1N[C@@H](CC)c1cc2ccc(F)cn2c(=O)c1-c1cccc(F)c1.[C-]#[N+]c1c(N)ncnc1N[C@H](CC)c1cc2ccc(F)cn2c(=O)c1-c1cccc(F)c1. The first-order chi connectivity index (χ1) is 30.8. The van der Waals surface area contributed by atoms with Crippen LogP contribution in [0.5, 0.6) is 0 Å². The smallest absolute Gasteiger partial charge is 0.268 e. The summed E-state index contributed by atoms with van der Waals surface area (Å²) in [6.45, 7) is 18.6. The van der Waals surface area contributed by atoms with Gasteiger partial charge in [-0.3, -0.25) is 18.4 Å². The Morgan fingerprint density at radius 2 is 1.00 bits per heavy atom. The van der Waals surface area contributed by atoms with Gasteiger partial charge in [0.2, 0.25) is 0 Å². The Balaban J connectivity index is 0.000000191. The van der Waals surface area contributed by atoms with Crippen LogP contribution in [0.15, 0.2) is 120 Å². The monoisotopic (exact) mass is 864 g/mol. The van der Waals surface area contributed by atoms with Crippen molar-refractivity contribution in [3.05, 3.63) is 188 Å². The normalized spacial score (nSPS) is 11.8. The Hall–Kier alpha value is -8.64. The fourth-order valence-electron chi connectivity index (χ4n) is 7.27. The van der Waals surface area contributed by atoms with Crippen molar-refractivity contribution in [3.8, 4) is 22.3 Å². The molecule has 6 aromatic heterocycles. The van der Waals surface area contributed by atoms with Crippen molar-refractivity contribution in [1.29, 1.82) is 0 Å². The number of benzene rings is 2. The molecule has 0 spiro atoms. The molecular weight excluding hydrogens is 829 g/mol. The van der Waals surface area contributed by atoms with Crippen LogP contribution in [0.3, 0.4) is 0 Å². The molecule has 14 nitrogen and oxygen atoms in total. The maximum atomic E-state index is 14.0. The minimum atomic E-state index is -0.569. The number of nitrogens with zero attached hydrogens (tertiary/aromatic N) is 8. The summed E-state index contributed by atoms with van der Waals surface area (Å²) in [4.78, 5) is 49.6. The Bertz CT molecular complexity index is 3070. The van der Waals surface area contributed by atoms with Gasteiger partial charge in [-0.05, 0) is 95.8 Å². The summed E-state index contributed by atoms with van der Waals surface area (Å²) in [6.07, 6.45) is 5.68. The lowest BCUT2D eigenvalue weighted by atomic mass is 9.94. The maximum absolute atomic E-state index is 14.0. The number of aromatic nitrogens is 6. The third-order valence-electron chi connectivity index (χ3n) is 10.3. The summed E-state index contributed by atoms with van der Waals surface area (Å²) >= 11 is 0. The highest BCUT2D eigenvalue weighted by molar-refractivity contribution is 5.79. The maximum Gasteiger partial charge on any atom is 0.268 e. The van der Waals surface area contributed by atoms with Gasteiger partial charge in [0, 0.05) is 23.4 Å². The molecule has 0 aliphatic carbocycles. The van der Waals surface area contributed by atoms with Gasteiger partial charge in [0.1, 0.15) is 59.2 Å². The second kappa shape index (κ2) is 18.5. The molecule has 18 heteroatoms. The minimum absolute atomic E-state index is 0.0340. The quantitative estimate of drug-likeness (QED) is 0.0764. The number of anilines is 4. The molecular formula is C46H36F4N12O2. The largest absolute Gasteiger partial charge is 0.392 e. The molecule has 6 heterocycles. The van der Waals surface area contributed by atoms with E-state index in [9.17, 15) is 27.2 Å². The molecule has 320 valence electrons. The van der Waals surface area contributed by atoms with E-state index in [-0.39, 0.29) is 45.8 Å². The number of rotatable bonds is 10. The van der Waals surface area contributed by atoms with Crippen molar-refractivity contribution in [2.24, 2.45) is 0 Å². The molecule has 8 aromatic rings. The highest BCUT2D eigenvalue weighted by atomic mass is 19.1. The molecule has 64 heavy (non-hydrogen) atoms. The van der Waals surface area contributed by atoms with E-state index < -0.39 is 46.5 Å². The van der Waals surface area contributed by atoms with Gasteiger partial charge >= 0.3 is 0 Å². The Kier molecular flexibility index (Phi) is 12.6. The van der Waals surface area contributed by atoms with Gasteiger partial charge in [-0.2, -0.15) is 0 Å². The molecule has 0 unspecified atom stereocenters. The molecule has 0 bridgehead atoms. The van der Waals surface area contributed by atoms with Gasteiger partial charge in [0.15, 0.2) is 0 Å². The Morgan fingerprint density at radius 1 is 0.594 bits per heavy atom. The molecule has 0 radical (unpaired) electrons. The summed E-state index contributed by atoms with van der Waals surface area (Å²) in [5.41, 5.74) is 14.0. The van der Waals surface area contributed by atoms with E-state index in [1.165, 1.54) is 82.1 Å². The van der Waals surface area contributed by atoms with Crippen LogP contribution in [-0.4, -0.2) is 28.7 Å². The molecule has 0 fully saturated rings. The fraction of sp³-hybridized carbons (Fsp3) is 0.130. The Morgan fingerprint density at radius 3 is 1.36 bits per heavy atom. The van der Waals surface area contributed by atoms with Crippen molar-refractivity contribution in [1.82, 2.24) is 28.7 Å². The predicted molar refractivity (Wildman–Crippen MR) is 237 cm³/mol. The van der Waals surface area contributed by atoms with E-state index in [2.05, 4.69) is 40.3 Å². The van der Waals surface area contributed by atoms with E-state index in [4.69, 9.17) is 24.6 Å². The van der Waals surface area contributed by atoms with Crippen molar-refractivity contribution < 1.29 is 17.6 Å². The highest BCUT2D eigenvalue weighted by Gasteiger charge is 2.24. The molecule has 0 aliphatic rings. The summed E-state index contributed by atoms with van der Waals surface area (Å²) < 4.78 is 58.1. The number of nitrogens with two attached hydrogens (primary N) is 2. The standard InChI is InChI=1S/2C23H18F2N6O/c2*1-3-18(30-22-20(27-2)21(26)28-12-29-22)17-10-16-8-7-15(25)11-31(16)23(32)19(17)13-5-4-6-14(24)9-13/h2*4-12,18H,3H2,1H3,(H3,26,28,29,30)/t2*18-/m10/s1. The Labute approximate surface area is 362 Å². The molecule has 0 saturated heterocycles. The van der Waals surface area contributed by atoms with Crippen molar-refractivity contribution >= 4 is 45.7 Å². The summed E-state index contributed by atoms with van der Waals surface area (Å²) in [5, 5.41) is 6.35. The highest BCUT2D eigenvalue weighted by Crippen LogP contribution is 2.37. The number of halogens is 4. The number of hydrogen-bond acceptors (Lipinski definition) is 10. The average Bonchev–Trinajstić information content (AvgIpc) is 3.28. The third-order valence-corrected chi connectivity index (χ3v) is 10.3. The van der Waals surface area contributed by atoms with E-state index in [1.54, 1.807) is 24.3 Å². The van der Waals surface area contributed by atoms with Crippen LogP contribution in [0.4, 0.5) is 52.2 Å². The predicted octanol–water partition coefficient (Wildman–Crippen LogP) is 9.46. The van der Waals surface area contributed by atoms with Crippen molar-refractivity contribution in [3.63, 3.8) is 0 Å². The van der Waals surface area contributed by atoms with Gasteiger partial charge in [-0.1, -0.05) is 38.1 Å². The van der Waals surface area contributed by atoms with Crippen LogP contribution in [-0.2, 0) is 0 Å². The van der Waals surface area contributed by atoms with Gasteiger partial charge < -0.3 is 22.1 Å². The molecule has 2 aromatic carbocycles. The van der Waals surface area contributed by atoms with Gasteiger partial charge in [-0.15, -0.1) is 0 Å². The summed E-state index contributed by atoms with van der Waals surface area (Å²) in [7, 11) is 0. The van der Waals surface area contributed by atoms with Crippen LogP contribution in [0.25, 0.3) is 43.0 Å². The molecule has 2 atom stereocenters. The molecule has 6 N–H and O–H groups in total. The van der Waals surface area contributed by atoms with E-state index in [1.807, 2.05) is 13.8 Å². The van der Waals surface area contributed by atoms with E-state index >= 15 is 0 Å². The fourth-order valence-corrected chi connectivity index (χ4v) is 7.27. The molecule has 0 saturated carbocycles. The van der Waals surface area contributed by atoms with Crippen LogP contribution < -0.4 is 33.2 Å². The van der Waals surface area contributed by atoms with Crippen LogP contribution in [0.1, 0.15) is 49.9 Å².